The summed E-state index contributed by atoms with van der Waals surface area (Å²) < 4.78 is 37.2. The average Bonchev–Trinajstić information content (AvgIpc) is 3.07. The standard InChI is InChI=1S/C43H67O7PSi/c1-12-47-51(46,48-13-2)32-20-21-33(3)26-28-35-29-27-34(4)43(11,39(35)44)31-30-38(40(45)49-41(5,6)7)50-52(42(8,9)10,36-22-16-14-17-23-36)37-24-18-15-19-25-37/h14-19,22-26,34-35,38H,12-13,20-21,27-32H2,1-11H3/b33-26+/t34-,35-,38-,43+/m0/s1. The molecule has 7 nitrogen and oxygen atoms in total. The van der Waals surface area contributed by atoms with Gasteiger partial charge in [0.15, 0.2) is 0 Å². The number of Topliss-reactive ketones (excluding diaryl/α,β-unsaturated/α-hetero) is 1. The van der Waals surface area contributed by atoms with E-state index in [4.69, 9.17) is 18.2 Å². The smallest absolute Gasteiger partial charge is 0.334 e. The van der Waals surface area contributed by atoms with Gasteiger partial charge < -0.3 is 18.2 Å². The van der Waals surface area contributed by atoms with Gasteiger partial charge in [-0.25, -0.2) is 4.79 Å². The predicted molar refractivity (Wildman–Crippen MR) is 216 cm³/mol. The SMILES string of the molecule is CCOP(=O)(CCC/C(C)=C/C[C@H]1CC[C@H](C)[C@@](C)(CC[C@H](O[Si](c2ccccc2)(c2ccccc2)C(C)(C)C)C(=O)OC(C)(C)C)C1=O)OCC. The fraction of sp³-hybridized carbons (Fsp3) is 0.628. The molecule has 3 rings (SSSR count). The molecule has 0 spiro atoms. The number of benzene rings is 2. The molecule has 1 aliphatic carbocycles. The number of carbonyl (C=O) groups is 2. The summed E-state index contributed by atoms with van der Waals surface area (Å²) in [6.45, 7) is 23.0. The first-order chi connectivity index (χ1) is 24.3. The fourth-order valence-corrected chi connectivity index (χ4v) is 14.0. The highest BCUT2D eigenvalue weighted by atomic mass is 31.2. The summed E-state index contributed by atoms with van der Waals surface area (Å²) in [6, 6.07) is 20.7. The Bertz CT molecular complexity index is 1460. The van der Waals surface area contributed by atoms with Crippen LogP contribution in [0.25, 0.3) is 0 Å². The molecule has 1 aliphatic rings. The molecule has 0 heterocycles. The Morgan fingerprint density at radius 3 is 1.96 bits per heavy atom. The highest BCUT2D eigenvalue weighted by Gasteiger charge is 2.53. The molecule has 290 valence electrons. The van der Waals surface area contributed by atoms with Crippen molar-refractivity contribution in [3.8, 4) is 0 Å². The van der Waals surface area contributed by atoms with Crippen LogP contribution in [0.15, 0.2) is 72.3 Å². The Balaban J connectivity index is 1.89. The third-order valence-corrected chi connectivity index (χ3v) is 17.9. The van der Waals surface area contributed by atoms with Crippen molar-refractivity contribution in [2.75, 3.05) is 19.4 Å². The lowest BCUT2D eigenvalue weighted by Gasteiger charge is -2.46. The first-order valence-electron chi connectivity index (χ1n) is 19.4. The van der Waals surface area contributed by atoms with Gasteiger partial charge in [-0.1, -0.05) is 107 Å². The van der Waals surface area contributed by atoms with Crippen LogP contribution in [0.1, 0.15) is 121 Å². The monoisotopic (exact) mass is 754 g/mol. The van der Waals surface area contributed by atoms with E-state index in [1.54, 1.807) is 0 Å². The molecule has 4 atom stereocenters. The van der Waals surface area contributed by atoms with Crippen LogP contribution in [0.5, 0.6) is 0 Å². The van der Waals surface area contributed by atoms with Crippen molar-refractivity contribution >= 4 is 38.0 Å². The second-order valence-electron chi connectivity index (χ2n) is 16.9. The fourth-order valence-electron chi connectivity index (χ4n) is 7.69. The van der Waals surface area contributed by atoms with E-state index < -0.39 is 33.0 Å². The van der Waals surface area contributed by atoms with Gasteiger partial charge in [0, 0.05) is 11.3 Å². The first-order valence-corrected chi connectivity index (χ1v) is 23.0. The van der Waals surface area contributed by atoms with Gasteiger partial charge in [-0.05, 0) is 108 Å². The summed E-state index contributed by atoms with van der Waals surface area (Å²) in [5.74, 6) is -0.0411. The highest BCUT2D eigenvalue weighted by Crippen LogP contribution is 2.49. The van der Waals surface area contributed by atoms with Gasteiger partial charge in [-0.3, -0.25) is 9.36 Å². The minimum Gasteiger partial charge on any atom is -0.458 e. The lowest BCUT2D eigenvalue weighted by atomic mass is 9.61. The zero-order valence-corrected chi connectivity index (χ0v) is 35.9. The van der Waals surface area contributed by atoms with E-state index in [-0.39, 0.29) is 28.6 Å². The molecular weight excluding hydrogens is 688 g/mol. The molecule has 1 saturated carbocycles. The van der Waals surface area contributed by atoms with E-state index in [2.05, 4.69) is 71.9 Å². The third-order valence-electron chi connectivity index (χ3n) is 10.7. The Kier molecular flexibility index (Phi) is 15.9. The van der Waals surface area contributed by atoms with Crippen LogP contribution in [0.2, 0.25) is 5.04 Å². The maximum Gasteiger partial charge on any atom is 0.334 e. The molecule has 52 heavy (non-hydrogen) atoms. The van der Waals surface area contributed by atoms with Gasteiger partial charge >= 0.3 is 13.6 Å². The van der Waals surface area contributed by atoms with Gasteiger partial charge in [0.05, 0.1) is 19.4 Å². The second kappa shape index (κ2) is 18.8. The number of hydrogen-bond donors (Lipinski definition) is 0. The molecule has 0 aromatic heterocycles. The number of hydrogen-bond acceptors (Lipinski definition) is 7. The van der Waals surface area contributed by atoms with Crippen LogP contribution in [0, 0.1) is 17.3 Å². The van der Waals surface area contributed by atoms with Crippen molar-refractivity contribution in [2.24, 2.45) is 17.3 Å². The van der Waals surface area contributed by atoms with E-state index >= 15 is 0 Å². The maximum absolute atomic E-state index is 14.4. The van der Waals surface area contributed by atoms with Crippen molar-refractivity contribution in [3.05, 3.63) is 72.3 Å². The van der Waals surface area contributed by atoms with Crippen LogP contribution in [-0.4, -0.2) is 51.2 Å². The van der Waals surface area contributed by atoms with E-state index in [0.29, 0.717) is 45.1 Å². The van der Waals surface area contributed by atoms with Crippen molar-refractivity contribution in [1.29, 1.82) is 0 Å². The normalized spacial score (nSPS) is 21.2. The van der Waals surface area contributed by atoms with Crippen LogP contribution in [0.4, 0.5) is 0 Å². The molecule has 0 aliphatic heterocycles. The van der Waals surface area contributed by atoms with E-state index in [0.717, 1.165) is 29.6 Å². The van der Waals surface area contributed by atoms with Crippen LogP contribution < -0.4 is 10.4 Å². The minimum absolute atomic E-state index is 0.0910. The Morgan fingerprint density at radius 2 is 1.48 bits per heavy atom. The molecule has 0 amide bonds. The van der Waals surface area contributed by atoms with E-state index in [1.807, 2.05) is 71.0 Å². The molecule has 0 unspecified atom stereocenters. The number of esters is 1. The van der Waals surface area contributed by atoms with E-state index in [9.17, 15) is 14.2 Å². The van der Waals surface area contributed by atoms with Crippen molar-refractivity contribution < 1.29 is 32.4 Å². The molecule has 9 heteroatoms. The molecule has 0 saturated heterocycles. The van der Waals surface area contributed by atoms with Crippen LogP contribution >= 0.6 is 7.60 Å². The summed E-state index contributed by atoms with van der Waals surface area (Å²) in [4.78, 5) is 28.6. The van der Waals surface area contributed by atoms with Crippen molar-refractivity contribution in [2.45, 2.75) is 138 Å². The molecule has 0 bridgehead atoms. The maximum atomic E-state index is 14.4. The number of ether oxygens (including phenoxy) is 1. The van der Waals surface area contributed by atoms with Gasteiger partial charge in [-0.2, -0.15) is 0 Å². The van der Waals surface area contributed by atoms with Crippen molar-refractivity contribution in [1.82, 2.24) is 0 Å². The van der Waals surface area contributed by atoms with Gasteiger partial charge in [0.25, 0.3) is 8.32 Å². The predicted octanol–water partition coefficient (Wildman–Crippen LogP) is 10.1. The Labute approximate surface area is 316 Å². The molecular formula is C43H67O7PSi. The second-order valence-corrected chi connectivity index (χ2v) is 23.3. The molecule has 2 aromatic rings. The number of allylic oxidation sites excluding steroid dienone is 2. The Morgan fingerprint density at radius 1 is 0.942 bits per heavy atom. The number of carbonyl (C=O) groups excluding carboxylic acids is 2. The average molecular weight is 755 g/mol. The summed E-state index contributed by atoms with van der Waals surface area (Å²) in [6.07, 6.45) is 6.55. The Hall–Kier alpha value is -2.35. The lowest BCUT2D eigenvalue weighted by Crippen LogP contribution is -2.68. The molecule has 2 aromatic carbocycles. The lowest BCUT2D eigenvalue weighted by molar-refractivity contribution is -0.165. The van der Waals surface area contributed by atoms with Crippen molar-refractivity contribution in [3.63, 3.8) is 0 Å². The quantitative estimate of drug-likeness (QED) is 0.0648. The number of ketones is 1. The summed E-state index contributed by atoms with van der Waals surface area (Å²) in [5.41, 5.74) is -0.127. The van der Waals surface area contributed by atoms with Crippen LogP contribution in [-0.2, 0) is 32.4 Å². The molecule has 0 N–H and O–H groups in total. The first kappa shape index (κ1) is 44.0. The number of rotatable bonds is 18. The largest absolute Gasteiger partial charge is 0.458 e. The van der Waals surface area contributed by atoms with Gasteiger partial charge in [0.2, 0.25) is 0 Å². The van der Waals surface area contributed by atoms with Crippen LogP contribution in [0.3, 0.4) is 0 Å². The summed E-state index contributed by atoms with van der Waals surface area (Å²) in [5, 5.41) is 1.86. The summed E-state index contributed by atoms with van der Waals surface area (Å²) >= 11 is 0. The third kappa shape index (κ3) is 11.3. The van der Waals surface area contributed by atoms with Gasteiger partial charge in [-0.15, -0.1) is 0 Å². The highest BCUT2D eigenvalue weighted by molar-refractivity contribution is 7.53. The molecule has 0 radical (unpaired) electrons. The minimum atomic E-state index is -3.09. The molecule has 1 fully saturated rings. The zero-order valence-electron chi connectivity index (χ0n) is 34.0. The topological polar surface area (TPSA) is 88.1 Å². The van der Waals surface area contributed by atoms with E-state index in [1.165, 1.54) is 5.57 Å². The summed E-state index contributed by atoms with van der Waals surface area (Å²) in [7, 11) is -6.16. The van der Waals surface area contributed by atoms with Gasteiger partial charge in [0.1, 0.15) is 17.5 Å². The zero-order chi connectivity index (χ0) is 38.8.